The Labute approximate surface area is 122 Å². The molecule has 0 aromatic heterocycles. The molecule has 0 spiro atoms. The molecule has 0 radical (unpaired) electrons. The Morgan fingerprint density at radius 3 is 2.79 bits per heavy atom. The number of halogens is 1. The van der Waals surface area contributed by atoms with Crippen LogP contribution in [0.2, 0.25) is 0 Å². The van der Waals surface area contributed by atoms with Crippen LogP contribution in [-0.4, -0.2) is 34.0 Å². The van der Waals surface area contributed by atoms with Gasteiger partial charge in [-0.05, 0) is 18.2 Å². The first-order valence-corrected chi connectivity index (χ1v) is 6.79. The average Bonchev–Trinajstić information content (AvgIpc) is 2.41. The molecule has 5 heteroatoms. The first-order valence-electron chi connectivity index (χ1n) is 6.00. The number of hydrogen-bond donors (Lipinski definition) is 1. The van der Waals surface area contributed by atoms with Gasteiger partial charge in [-0.2, -0.15) is 0 Å². The summed E-state index contributed by atoms with van der Waals surface area (Å²) in [5.41, 5.74) is 1.05. The highest BCUT2D eigenvalue weighted by Crippen LogP contribution is 2.24. The zero-order valence-corrected chi connectivity index (χ0v) is 13.0. The predicted molar refractivity (Wildman–Crippen MR) is 80.1 cm³/mol. The topological polar surface area (TPSA) is 39.7 Å². The van der Waals surface area contributed by atoms with Crippen LogP contribution in [0.1, 0.15) is 5.56 Å². The minimum absolute atomic E-state index is 0.442. The molecule has 19 heavy (non-hydrogen) atoms. The third-order valence-corrected chi connectivity index (χ3v) is 2.68. The van der Waals surface area contributed by atoms with Crippen molar-refractivity contribution in [1.29, 1.82) is 0 Å². The van der Waals surface area contributed by atoms with Gasteiger partial charge >= 0.3 is 0 Å². The van der Waals surface area contributed by atoms with Gasteiger partial charge in [0.2, 0.25) is 0 Å². The van der Waals surface area contributed by atoms with Gasteiger partial charge in [0, 0.05) is 30.2 Å². The molecule has 1 rings (SSSR count). The van der Waals surface area contributed by atoms with E-state index in [4.69, 9.17) is 14.2 Å². The summed E-state index contributed by atoms with van der Waals surface area (Å²) in [5.74, 6) is 1.64. The van der Waals surface area contributed by atoms with Crippen molar-refractivity contribution in [3.8, 4) is 11.5 Å². The highest BCUT2D eigenvalue weighted by Gasteiger charge is 2.06. The molecule has 1 N–H and O–H groups in total. The predicted octanol–water partition coefficient (Wildman–Crippen LogP) is 2.72. The molecule has 0 unspecified atom stereocenters. The molecule has 0 bridgehead atoms. The molecule has 4 nitrogen and oxygen atoms in total. The molecule has 0 aliphatic heterocycles. The van der Waals surface area contributed by atoms with E-state index in [0.29, 0.717) is 19.8 Å². The third-order valence-electron chi connectivity index (χ3n) is 2.45. The van der Waals surface area contributed by atoms with E-state index in [1.807, 2.05) is 18.2 Å². The van der Waals surface area contributed by atoms with Crippen LogP contribution in [0.4, 0.5) is 0 Å². The molecule has 106 valence electrons. The summed E-state index contributed by atoms with van der Waals surface area (Å²) >= 11 is 3.28. The fourth-order valence-corrected chi connectivity index (χ4v) is 1.63. The summed E-state index contributed by atoms with van der Waals surface area (Å²) in [5, 5.41) is 3.29. The molecule has 0 atom stereocenters. The van der Waals surface area contributed by atoms with Crippen LogP contribution >= 0.6 is 15.9 Å². The summed E-state index contributed by atoms with van der Waals surface area (Å²) in [6, 6.07) is 5.75. The Morgan fingerprint density at radius 2 is 2.16 bits per heavy atom. The number of methoxy groups -OCH3 is 2. The van der Waals surface area contributed by atoms with Crippen molar-refractivity contribution in [2.75, 3.05) is 34.0 Å². The number of hydrogen-bond acceptors (Lipinski definition) is 4. The van der Waals surface area contributed by atoms with E-state index in [9.17, 15) is 0 Å². The summed E-state index contributed by atoms with van der Waals surface area (Å²) < 4.78 is 16.7. The fourth-order valence-electron chi connectivity index (χ4n) is 1.52. The van der Waals surface area contributed by atoms with E-state index in [0.717, 1.165) is 28.1 Å². The van der Waals surface area contributed by atoms with Crippen LogP contribution in [0.5, 0.6) is 11.5 Å². The molecular formula is C14H20BrNO3. The molecule has 0 heterocycles. The molecule has 0 aliphatic rings. The Morgan fingerprint density at radius 1 is 1.37 bits per heavy atom. The molecular weight excluding hydrogens is 310 g/mol. The SMILES string of the molecule is C=C(Br)COc1ccc(OC)cc1CNCCOC. The van der Waals surface area contributed by atoms with E-state index in [-0.39, 0.29) is 0 Å². The lowest BCUT2D eigenvalue weighted by molar-refractivity contribution is 0.199. The van der Waals surface area contributed by atoms with Crippen molar-refractivity contribution in [1.82, 2.24) is 5.32 Å². The Kier molecular flexibility index (Phi) is 7.55. The standard InChI is InChI=1S/C14H20BrNO3/c1-11(15)10-19-14-5-4-13(18-3)8-12(14)9-16-6-7-17-2/h4-5,8,16H,1,6-7,9-10H2,2-3H3. The van der Waals surface area contributed by atoms with Gasteiger partial charge < -0.3 is 19.5 Å². The zero-order chi connectivity index (χ0) is 14.1. The monoisotopic (exact) mass is 329 g/mol. The Hall–Kier alpha value is -1.04. The minimum Gasteiger partial charge on any atom is -0.497 e. The van der Waals surface area contributed by atoms with E-state index < -0.39 is 0 Å². The van der Waals surface area contributed by atoms with Gasteiger partial charge in [-0.1, -0.05) is 22.5 Å². The number of benzene rings is 1. The van der Waals surface area contributed by atoms with Crippen molar-refractivity contribution >= 4 is 15.9 Å². The lowest BCUT2D eigenvalue weighted by Crippen LogP contribution is -2.19. The van der Waals surface area contributed by atoms with Crippen LogP contribution in [0, 0.1) is 0 Å². The van der Waals surface area contributed by atoms with Crippen LogP contribution in [0.25, 0.3) is 0 Å². The van der Waals surface area contributed by atoms with Gasteiger partial charge in [0.25, 0.3) is 0 Å². The molecule has 0 amide bonds. The van der Waals surface area contributed by atoms with Gasteiger partial charge in [-0.25, -0.2) is 0 Å². The molecule has 1 aromatic rings. The fraction of sp³-hybridized carbons (Fsp3) is 0.429. The molecule has 0 fully saturated rings. The van der Waals surface area contributed by atoms with Crippen molar-refractivity contribution in [3.63, 3.8) is 0 Å². The first kappa shape index (κ1) is 16.0. The van der Waals surface area contributed by atoms with E-state index in [1.54, 1.807) is 14.2 Å². The highest BCUT2D eigenvalue weighted by atomic mass is 79.9. The normalized spacial score (nSPS) is 10.3. The van der Waals surface area contributed by atoms with Crippen LogP contribution < -0.4 is 14.8 Å². The van der Waals surface area contributed by atoms with Gasteiger partial charge in [0.05, 0.1) is 13.7 Å². The lowest BCUT2D eigenvalue weighted by atomic mass is 10.2. The lowest BCUT2D eigenvalue weighted by Gasteiger charge is -2.13. The van der Waals surface area contributed by atoms with Crippen molar-refractivity contribution in [3.05, 3.63) is 34.8 Å². The maximum atomic E-state index is 5.68. The number of rotatable bonds is 9. The summed E-state index contributed by atoms with van der Waals surface area (Å²) in [4.78, 5) is 0. The van der Waals surface area contributed by atoms with Crippen LogP contribution in [0.15, 0.2) is 29.3 Å². The summed E-state index contributed by atoms with van der Waals surface area (Å²) in [6.45, 7) is 6.36. The second-order valence-corrected chi connectivity index (χ2v) is 5.07. The number of nitrogens with one attached hydrogen (secondary N) is 1. The van der Waals surface area contributed by atoms with Crippen LogP contribution in [-0.2, 0) is 11.3 Å². The first-order chi connectivity index (χ1) is 9.17. The van der Waals surface area contributed by atoms with Gasteiger partial charge in [0.15, 0.2) is 0 Å². The second kappa shape index (κ2) is 8.96. The van der Waals surface area contributed by atoms with Gasteiger partial charge in [-0.3, -0.25) is 0 Å². The largest absolute Gasteiger partial charge is 0.497 e. The van der Waals surface area contributed by atoms with Crippen molar-refractivity contribution < 1.29 is 14.2 Å². The minimum atomic E-state index is 0.442. The van der Waals surface area contributed by atoms with Gasteiger partial charge in [-0.15, -0.1) is 0 Å². The molecule has 0 saturated heterocycles. The van der Waals surface area contributed by atoms with E-state index in [1.165, 1.54) is 0 Å². The average molecular weight is 330 g/mol. The van der Waals surface area contributed by atoms with Crippen molar-refractivity contribution in [2.24, 2.45) is 0 Å². The van der Waals surface area contributed by atoms with Crippen molar-refractivity contribution in [2.45, 2.75) is 6.54 Å². The summed E-state index contributed by atoms with van der Waals surface area (Å²) in [6.07, 6.45) is 0. The Bertz CT molecular complexity index is 410. The smallest absolute Gasteiger partial charge is 0.124 e. The third kappa shape index (κ3) is 6.09. The van der Waals surface area contributed by atoms with E-state index >= 15 is 0 Å². The maximum Gasteiger partial charge on any atom is 0.124 e. The van der Waals surface area contributed by atoms with E-state index in [2.05, 4.69) is 27.8 Å². The maximum absolute atomic E-state index is 5.68. The molecule has 0 saturated carbocycles. The Balaban J connectivity index is 2.68. The van der Waals surface area contributed by atoms with Crippen LogP contribution in [0.3, 0.4) is 0 Å². The zero-order valence-electron chi connectivity index (χ0n) is 11.4. The molecule has 0 aliphatic carbocycles. The second-order valence-electron chi connectivity index (χ2n) is 3.95. The number of ether oxygens (including phenoxy) is 3. The quantitative estimate of drug-likeness (QED) is 0.707. The molecule has 1 aromatic carbocycles. The van der Waals surface area contributed by atoms with Gasteiger partial charge in [0.1, 0.15) is 18.1 Å². The summed E-state index contributed by atoms with van der Waals surface area (Å²) in [7, 11) is 3.34. The highest BCUT2D eigenvalue weighted by molar-refractivity contribution is 9.11.